The monoisotopic (exact) mass is 492 g/mol. The molecule has 10 heteroatoms. The van der Waals surface area contributed by atoms with E-state index in [4.69, 9.17) is 13.6 Å². The maximum Gasteiger partial charge on any atom is 0.350 e. The number of hydrogen-bond donors (Lipinski definition) is 1. The lowest BCUT2D eigenvalue weighted by Crippen LogP contribution is -2.30. The molecule has 0 radical (unpaired) electrons. The van der Waals surface area contributed by atoms with Gasteiger partial charge in [0.1, 0.15) is 28.0 Å². The fourth-order valence-electron chi connectivity index (χ4n) is 4.00. The normalized spacial score (nSPS) is 15.9. The number of para-hydroxylation sites is 1. The number of aliphatic hydroxyl groups excluding tert-OH is 1. The number of thiazole rings is 1. The first-order valence-electron chi connectivity index (χ1n) is 10.8. The van der Waals surface area contributed by atoms with Gasteiger partial charge in [-0.25, -0.2) is 9.78 Å². The summed E-state index contributed by atoms with van der Waals surface area (Å²) < 4.78 is 16.6. The highest BCUT2D eigenvalue weighted by molar-refractivity contribution is 7.17. The zero-order chi connectivity index (χ0) is 24.9. The van der Waals surface area contributed by atoms with Crippen LogP contribution in [0.5, 0.6) is 0 Å². The number of carbonyl (C=O) groups is 3. The van der Waals surface area contributed by atoms with E-state index < -0.39 is 29.5 Å². The van der Waals surface area contributed by atoms with Crippen molar-refractivity contribution < 1.29 is 33.1 Å². The molecule has 178 valence electrons. The van der Waals surface area contributed by atoms with Crippen molar-refractivity contribution in [1.29, 1.82) is 0 Å². The van der Waals surface area contributed by atoms with E-state index in [-0.39, 0.29) is 33.7 Å². The third kappa shape index (κ3) is 3.71. The molecule has 0 bridgehead atoms. The Morgan fingerprint density at radius 1 is 1.17 bits per heavy atom. The van der Waals surface area contributed by atoms with Crippen molar-refractivity contribution in [2.75, 3.05) is 11.5 Å². The molecule has 3 aromatic heterocycles. The number of furan rings is 2. The summed E-state index contributed by atoms with van der Waals surface area (Å²) in [5, 5.41) is 11.7. The minimum Gasteiger partial charge on any atom is -0.503 e. The number of aliphatic hydroxyl groups is 1. The predicted molar refractivity (Wildman–Crippen MR) is 127 cm³/mol. The summed E-state index contributed by atoms with van der Waals surface area (Å²) in [7, 11) is 0. The largest absolute Gasteiger partial charge is 0.503 e. The van der Waals surface area contributed by atoms with Gasteiger partial charge in [-0.05, 0) is 45.0 Å². The molecule has 0 fully saturated rings. The molecule has 9 nitrogen and oxygen atoms in total. The van der Waals surface area contributed by atoms with E-state index in [0.717, 1.165) is 16.2 Å². The van der Waals surface area contributed by atoms with Crippen LogP contribution in [0.4, 0.5) is 5.13 Å². The highest BCUT2D eigenvalue weighted by Crippen LogP contribution is 2.44. The van der Waals surface area contributed by atoms with Crippen molar-refractivity contribution >= 4 is 45.1 Å². The zero-order valence-electron chi connectivity index (χ0n) is 19.0. The third-order valence-electron chi connectivity index (χ3n) is 5.58. The molecule has 1 amide bonds. The van der Waals surface area contributed by atoms with Gasteiger partial charge in [-0.1, -0.05) is 29.5 Å². The molecule has 0 saturated heterocycles. The number of ether oxygens (including phenoxy) is 1. The molecular formula is C25H20N2O7S. The molecule has 1 aromatic carbocycles. The average molecular weight is 493 g/mol. The number of carbonyl (C=O) groups excluding carboxylic acids is 3. The topological polar surface area (TPSA) is 123 Å². The fraction of sp³-hybridized carbons (Fsp3) is 0.200. The Morgan fingerprint density at radius 3 is 2.63 bits per heavy atom. The van der Waals surface area contributed by atoms with Crippen LogP contribution in [0, 0.1) is 13.8 Å². The van der Waals surface area contributed by atoms with E-state index in [1.165, 1.54) is 0 Å². The lowest BCUT2D eigenvalue weighted by atomic mass is 10.00. The van der Waals surface area contributed by atoms with Gasteiger partial charge in [0.05, 0.1) is 17.9 Å². The molecule has 35 heavy (non-hydrogen) atoms. The van der Waals surface area contributed by atoms with Gasteiger partial charge in [0, 0.05) is 5.39 Å². The van der Waals surface area contributed by atoms with Crippen molar-refractivity contribution in [2.45, 2.75) is 26.8 Å². The average Bonchev–Trinajstić information content (AvgIpc) is 3.59. The number of esters is 1. The van der Waals surface area contributed by atoms with Crippen LogP contribution in [0.1, 0.15) is 50.4 Å². The Labute approximate surface area is 203 Å². The van der Waals surface area contributed by atoms with Crippen molar-refractivity contribution in [1.82, 2.24) is 4.98 Å². The number of ketones is 1. The van der Waals surface area contributed by atoms with Crippen molar-refractivity contribution in [2.24, 2.45) is 0 Å². The van der Waals surface area contributed by atoms with Crippen LogP contribution >= 0.6 is 11.3 Å². The lowest BCUT2D eigenvalue weighted by molar-refractivity contribution is -0.117. The number of fused-ring (bicyclic) bond motifs is 1. The maximum atomic E-state index is 13.6. The first-order valence-corrected chi connectivity index (χ1v) is 11.6. The number of amides is 1. The van der Waals surface area contributed by atoms with Gasteiger partial charge >= 0.3 is 5.97 Å². The summed E-state index contributed by atoms with van der Waals surface area (Å²) in [4.78, 5) is 44.9. The lowest BCUT2D eigenvalue weighted by Gasteiger charge is -2.22. The second-order valence-electron chi connectivity index (χ2n) is 7.90. The molecule has 0 aliphatic carbocycles. The van der Waals surface area contributed by atoms with Gasteiger partial charge in [-0.2, -0.15) is 0 Å². The van der Waals surface area contributed by atoms with E-state index in [9.17, 15) is 19.5 Å². The fourth-order valence-corrected chi connectivity index (χ4v) is 4.99. The van der Waals surface area contributed by atoms with Gasteiger partial charge in [0.15, 0.2) is 16.7 Å². The smallest absolute Gasteiger partial charge is 0.350 e. The minimum absolute atomic E-state index is 0.0294. The van der Waals surface area contributed by atoms with Gasteiger partial charge in [0.2, 0.25) is 5.78 Å². The number of Topliss-reactive ketones (excluding diaryl/α,β-unsaturated/α-hetero) is 1. The van der Waals surface area contributed by atoms with Gasteiger partial charge in [-0.3, -0.25) is 14.5 Å². The molecule has 4 aromatic rings. The molecule has 1 aliphatic heterocycles. The highest BCUT2D eigenvalue weighted by Gasteiger charge is 2.48. The summed E-state index contributed by atoms with van der Waals surface area (Å²) in [5.74, 6) is -2.03. The van der Waals surface area contributed by atoms with Crippen LogP contribution in [-0.2, 0) is 9.53 Å². The Hall–Kier alpha value is -4.18. The number of aryl methyl sites for hydroxylation is 2. The first-order chi connectivity index (χ1) is 16.8. The Balaban J connectivity index is 1.62. The summed E-state index contributed by atoms with van der Waals surface area (Å²) in [6, 6.07) is 10.8. The molecule has 0 spiro atoms. The summed E-state index contributed by atoms with van der Waals surface area (Å²) in [5.41, 5.74) is 0.660. The SMILES string of the molecule is CCOC(=O)c1sc(N2C(=O)C(O)=C(C(=O)c3cc4ccccc4o3)C2c2ccc(C)o2)nc1C. The van der Waals surface area contributed by atoms with Gasteiger partial charge in [0.25, 0.3) is 5.91 Å². The first kappa shape index (κ1) is 22.6. The number of nitrogens with zero attached hydrogens (tertiary/aromatic N) is 2. The summed E-state index contributed by atoms with van der Waals surface area (Å²) >= 11 is 0.934. The quantitative estimate of drug-likeness (QED) is 0.293. The molecule has 1 unspecified atom stereocenters. The van der Waals surface area contributed by atoms with Crippen LogP contribution < -0.4 is 4.90 Å². The van der Waals surface area contributed by atoms with E-state index in [0.29, 0.717) is 22.4 Å². The summed E-state index contributed by atoms with van der Waals surface area (Å²) in [6.45, 7) is 5.21. The second-order valence-corrected chi connectivity index (χ2v) is 8.87. The van der Waals surface area contributed by atoms with Gasteiger partial charge < -0.3 is 18.7 Å². The molecule has 1 atom stereocenters. The van der Waals surface area contributed by atoms with Crippen LogP contribution in [0.25, 0.3) is 11.0 Å². The van der Waals surface area contributed by atoms with Crippen molar-refractivity contribution in [3.8, 4) is 0 Å². The van der Waals surface area contributed by atoms with Crippen LogP contribution in [0.2, 0.25) is 0 Å². The number of hydrogen-bond acceptors (Lipinski definition) is 9. The minimum atomic E-state index is -1.11. The van der Waals surface area contributed by atoms with E-state index in [1.54, 1.807) is 57.2 Å². The summed E-state index contributed by atoms with van der Waals surface area (Å²) in [6.07, 6.45) is 0. The van der Waals surface area contributed by atoms with Crippen molar-refractivity contribution in [3.63, 3.8) is 0 Å². The molecule has 1 N–H and O–H groups in total. The third-order valence-corrected chi connectivity index (χ3v) is 6.72. The number of aromatic nitrogens is 1. The molecular weight excluding hydrogens is 472 g/mol. The maximum absolute atomic E-state index is 13.6. The predicted octanol–water partition coefficient (Wildman–Crippen LogP) is 5.06. The van der Waals surface area contributed by atoms with Crippen molar-refractivity contribution in [3.05, 3.63) is 81.6 Å². The molecule has 0 saturated carbocycles. The van der Waals surface area contributed by atoms with Crippen LogP contribution in [-0.4, -0.2) is 34.4 Å². The second kappa shape index (κ2) is 8.55. The van der Waals surface area contributed by atoms with Crippen LogP contribution in [0.15, 0.2) is 62.6 Å². The Morgan fingerprint density at radius 2 is 1.94 bits per heavy atom. The molecule has 1 aliphatic rings. The Kier molecular flexibility index (Phi) is 5.52. The molecule has 5 rings (SSSR count). The Bertz CT molecular complexity index is 1490. The number of rotatable bonds is 6. The standard InChI is InChI=1S/C25H20N2O7S/c1-4-32-24(31)22-13(3)26-25(35-22)27-19(16-10-9-12(2)33-16)18(21(29)23(27)30)20(28)17-11-14-7-5-6-8-15(14)34-17/h5-11,19,29H,4H2,1-3H3. The van der Waals surface area contributed by atoms with E-state index >= 15 is 0 Å². The highest BCUT2D eigenvalue weighted by atomic mass is 32.1. The van der Waals surface area contributed by atoms with Gasteiger partial charge in [-0.15, -0.1) is 0 Å². The molecule has 4 heterocycles. The zero-order valence-corrected chi connectivity index (χ0v) is 19.8. The van der Waals surface area contributed by atoms with E-state index in [2.05, 4.69) is 4.98 Å². The number of benzene rings is 1. The van der Waals surface area contributed by atoms with E-state index in [1.807, 2.05) is 6.07 Å². The van der Waals surface area contributed by atoms with Crippen LogP contribution in [0.3, 0.4) is 0 Å². The number of anilines is 1.